The van der Waals surface area contributed by atoms with Gasteiger partial charge in [0.15, 0.2) is 5.82 Å². The molecule has 10 heteroatoms. The van der Waals surface area contributed by atoms with Crippen molar-refractivity contribution >= 4 is 17.6 Å². The standard InChI is InChI=1S/C18H26N6O4/c1-18(2,3)28-17(26)23-9-6-5-7-12(23)15(25)20-11-13-21-22-14-16(27-4)19-8-10-24(13)14/h8,10,12H,5-7,9,11H2,1-4H3,(H,20,25)/t12-/m1/s1. The zero-order chi connectivity index (χ0) is 20.3. The minimum absolute atomic E-state index is 0.172. The highest BCUT2D eigenvalue weighted by Crippen LogP contribution is 2.21. The number of fused-ring (bicyclic) bond motifs is 1. The van der Waals surface area contributed by atoms with Crippen molar-refractivity contribution in [2.24, 2.45) is 0 Å². The molecule has 0 bridgehead atoms. The lowest BCUT2D eigenvalue weighted by molar-refractivity contribution is -0.127. The van der Waals surface area contributed by atoms with Crippen LogP contribution >= 0.6 is 0 Å². The SMILES string of the molecule is COc1nccn2c(CNC(=O)[C@H]3CCCCN3C(=O)OC(C)(C)C)nnc12. The first kappa shape index (κ1) is 19.8. The monoisotopic (exact) mass is 390 g/mol. The third kappa shape index (κ3) is 4.32. The summed E-state index contributed by atoms with van der Waals surface area (Å²) in [7, 11) is 1.51. The van der Waals surface area contributed by atoms with Crippen molar-refractivity contribution in [3.63, 3.8) is 0 Å². The van der Waals surface area contributed by atoms with Gasteiger partial charge in [0.2, 0.25) is 11.6 Å². The smallest absolute Gasteiger partial charge is 0.410 e. The van der Waals surface area contributed by atoms with Crippen LogP contribution in [0.4, 0.5) is 4.79 Å². The molecule has 0 aromatic carbocycles. The number of nitrogens with zero attached hydrogens (tertiary/aromatic N) is 5. The number of ether oxygens (including phenoxy) is 2. The summed E-state index contributed by atoms with van der Waals surface area (Å²) in [5, 5.41) is 11.0. The van der Waals surface area contributed by atoms with E-state index in [0.717, 1.165) is 12.8 Å². The summed E-state index contributed by atoms with van der Waals surface area (Å²) in [6, 6.07) is -0.556. The number of amides is 2. The fourth-order valence-electron chi connectivity index (χ4n) is 3.14. The van der Waals surface area contributed by atoms with Crippen LogP contribution < -0.4 is 10.1 Å². The van der Waals surface area contributed by atoms with Crippen molar-refractivity contribution in [3.8, 4) is 5.88 Å². The van der Waals surface area contributed by atoms with Gasteiger partial charge in [-0.15, -0.1) is 10.2 Å². The lowest BCUT2D eigenvalue weighted by Gasteiger charge is -2.35. The Kier molecular flexibility index (Phi) is 5.66. The van der Waals surface area contributed by atoms with Crippen molar-refractivity contribution in [2.75, 3.05) is 13.7 Å². The summed E-state index contributed by atoms with van der Waals surface area (Å²) in [6.07, 6.45) is 5.15. The topological polar surface area (TPSA) is 111 Å². The highest BCUT2D eigenvalue weighted by Gasteiger charge is 2.34. The largest absolute Gasteiger partial charge is 0.478 e. The van der Waals surface area contributed by atoms with E-state index in [1.54, 1.807) is 16.8 Å². The Hall–Kier alpha value is -2.91. The summed E-state index contributed by atoms with van der Waals surface area (Å²) in [5.74, 6) is 0.669. The number of rotatable bonds is 4. The molecule has 0 aliphatic carbocycles. The van der Waals surface area contributed by atoms with Gasteiger partial charge in [-0.2, -0.15) is 0 Å². The summed E-state index contributed by atoms with van der Waals surface area (Å²) >= 11 is 0. The summed E-state index contributed by atoms with van der Waals surface area (Å²) in [5.41, 5.74) is -0.134. The molecule has 1 saturated heterocycles. The Morgan fingerprint density at radius 3 is 2.79 bits per heavy atom. The van der Waals surface area contributed by atoms with Gasteiger partial charge in [0.1, 0.15) is 11.6 Å². The zero-order valence-corrected chi connectivity index (χ0v) is 16.6. The number of methoxy groups -OCH3 is 1. The van der Waals surface area contributed by atoms with Crippen LogP contribution in [0, 0.1) is 0 Å². The van der Waals surface area contributed by atoms with Gasteiger partial charge in [-0.3, -0.25) is 14.1 Å². The number of nitrogens with one attached hydrogen (secondary N) is 1. The quantitative estimate of drug-likeness (QED) is 0.843. The van der Waals surface area contributed by atoms with E-state index < -0.39 is 17.7 Å². The van der Waals surface area contributed by atoms with E-state index in [-0.39, 0.29) is 12.5 Å². The van der Waals surface area contributed by atoms with E-state index in [4.69, 9.17) is 9.47 Å². The molecule has 0 spiro atoms. The van der Waals surface area contributed by atoms with Crippen molar-refractivity contribution in [2.45, 2.75) is 58.2 Å². The fraction of sp³-hybridized carbons (Fsp3) is 0.611. The maximum atomic E-state index is 12.8. The first-order valence-corrected chi connectivity index (χ1v) is 9.30. The van der Waals surface area contributed by atoms with E-state index in [0.29, 0.717) is 30.3 Å². The third-order valence-electron chi connectivity index (χ3n) is 4.41. The second kappa shape index (κ2) is 7.99. The van der Waals surface area contributed by atoms with Crippen LogP contribution in [0.1, 0.15) is 45.9 Å². The maximum Gasteiger partial charge on any atom is 0.410 e. The highest BCUT2D eigenvalue weighted by molar-refractivity contribution is 5.85. The molecule has 3 rings (SSSR count). The number of carbonyl (C=O) groups excluding carboxylic acids is 2. The number of hydrogen-bond acceptors (Lipinski definition) is 7. The second-order valence-corrected chi connectivity index (χ2v) is 7.65. The van der Waals surface area contributed by atoms with Crippen molar-refractivity contribution in [1.29, 1.82) is 0 Å². The Morgan fingerprint density at radius 1 is 1.29 bits per heavy atom. The predicted octanol–water partition coefficient (Wildman–Crippen LogP) is 1.54. The fourth-order valence-corrected chi connectivity index (χ4v) is 3.14. The van der Waals surface area contributed by atoms with E-state index in [1.807, 2.05) is 20.8 Å². The molecule has 1 aliphatic heterocycles. The molecule has 1 fully saturated rings. The first-order valence-electron chi connectivity index (χ1n) is 9.30. The molecule has 0 unspecified atom stereocenters. The van der Waals surface area contributed by atoms with E-state index in [1.165, 1.54) is 12.0 Å². The maximum absolute atomic E-state index is 12.8. The molecule has 28 heavy (non-hydrogen) atoms. The minimum atomic E-state index is -0.608. The molecule has 1 aliphatic rings. The van der Waals surface area contributed by atoms with Crippen LogP contribution in [0.15, 0.2) is 12.4 Å². The van der Waals surface area contributed by atoms with Gasteiger partial charge in [-0.25, -0.2) is 9.78 Å². The van der Waals surface area contributed by atoms with Gasteiger partial charge >= 0.3 is 6.09 Å². The Morgan fingerprint density at radius 2 is 2.07 bits per heavy atom. The van der Waals surface area contributed by atoms with Crippen molar-refractivity contribution < 1.29 is 19.1 Å². The van der Waals surface area contributed by atoms with Crippen LogP contribution in [-0.4, -0.2) is 61.8 Å². The lowest BCUT2D eigenvalue weighted by atomic mass is 10.0. The average molecular weight is 390 g/mol. The van der Waals surface area contributed by atoms with Gasteiger partial charge in [0.05, 0.1) is 13.7 Å². The van der Waals surface area contributed by atoms with Gasteiger partial charge in [-0.1, -0.05) is 0 Å². The van der Waals surface area contributed by atoms with Crippen LogP contribution in [0.25, 0.3) is 5.65 Å². The summed E-state index contributed by atoms with van der Waals surface area (Å²) in [4.78, 5) is 30.8. The van der Waals surface area contributed by atoms with Gasteiger partial charge in [-0.05, 0) is 40.0 Å². The number of likely N-dealkylation sites (tertiary alicyclic amines) is 1. The lowest BCUT2D eigenvalue weighted by Crippen LogP contribution is -2.53. The van der Waals surface area contributed by atoms with Crippen LogP contribution in [0.2, 0.25) is 0 Å². The molecule has 0 saturated carbocycles. The summed E-state index contributed by atoms with van der Waals surface area (Å²) in [6.45, 7) is 6.10. The van der Waals surface area contributed by atoms with Crippen LogP contribution in [0.3, 0.4) is 0 Å². The number of carbonyl (C=O) groups is 2. The first-order chi connectivity index (χ1) is 13.3. The number of aromatic nitrogens is 4. The Bertz CT molecular complexity index is 859. The van der Waals surface area contributed by atoms with Crippen LogP contribution in [-0.2, 0) is 16.1 Å². The van der Waals surface area contributed by atoms with Gasteiger partial charge in [0, 0.05) is 18.9 Å². The highest BCUT2D eigenvalue weighted by atomic mass is 16.6. The van der Waals surface area contributed by atoms with Crippen molar-refractivity contribution in [1.82, 2.24) is 29.8 Å². The predicted molar refractivity (Wildman–Crippen MR) is 99.8 cm³/mol. The molecule has 2 aromatic rings. The van der Waals surface area contributed by atoms with E-state index in [9.17, 15) is 9.59 Å². The number of piperidine rings is 1. The molecule has 1 atom stereocenters. The normalized spacial score (nSPS) is 17.4. The molecule has 2 aromatic heterocycles. The van der Waals surface area contributed by atoms with Crippen molar-refractivity contribution in [3.05, 3.63) is 18.2 Å². The molecule has 10 nitrogen and oxygen atoms in total. The molecular weight excluding hydrogens is 364 g/mol. The summed E-state index contributed by atoms with van der Waals surface area (Å²) < 4.78 is 12.3. The minimum Gasteiger partial charge on any atom is -0.478 e. The molecule has 2 amide bonds. The van der Waals surface area contributed by atoms with E-state index >= 15 is 0 Å². The van der Waals surface area contributed by atoms with Crippen LogP contribution in [0.5, 0.6) is 5.88 Å². The molecule has 0 radical (unpaired) electrons. The zero-order valence-electron chi connectivity index (χ0n) is 16.6. The number of hydrogen-bond donors (Lipinski definition) is 1. The van der Waals surface area contributed by atoms with Gasteiger partial charge < -0.3 is 14.8 Å². The average Bonchev–Trinajstić information content (AvgIpc) is 3.08. The third-order valence-corrected chi connectivity index (χ3v) is 4.41. The molecular formula is C18H26N6O4. The molecule has 152 valence electrons. The second-order valence-electron chi connectivity index (χ2n) is 7.65. The molecule has 1 N–H and O–H groups in total. The Labute approximate surface area is 163 Å². The molecule has 3 heterocycles. The van der Waals surface area contributed by atoms with Gasteiger partial charge in [0.25, 0.3) is 5.88 Å². The Balaban J connectivity index is 1.69. The van der Waals surface area contributed by atoms with E-state index in [2.05, 4.69) is 20.5 Å².